The lowest BCUT2D eigenvalue weighted by atomic mass is 10.1. The number of carbonyl (C=O) groups is 2. The summed E-state index contributed by atoms with van der Waals surface area (Å²) < 4.78 is 6.65. The summed E-state index contributed by atoms with van der Waals surface area (Å²) in [7, 11) is 0. The molecule has 0 aliphatic carbocycles. The van der Waals surface area contributed by atoms with Crippen molar-refractivity contribution in [1.29, 1.82) is 0 Å². The van der Waals surface area contributed by atoms with Crippen molar-refractivity contribution in [3.63, 3.8) is 0 Å². The van der Waals surface area contributed by atoms with E-state index in [9.17, 15) is 9.59 Å². The zero-order chi connectivity index (χ0) is 14.8. The van der Waals surface area contributed by atoms with Gasteiger partial charge in [-0.2, -0.15) is 0 Å². The smallest absolute Gasteiger partial charge is 0.358 e. The van der Waals surface area contributed by atoms with Gasteiger partial charge in [0.25, 0.3) is 0 Å². The van der Waals surface area contributed by atoms with E-state index in [0.717, 1.165) is 11.3 Å². The van der Waals surface area contributed by atoms with Crippen LogP contribution in [0.2, 0.25) is 0 Å². The predicted molar refractivity (Wildman–Crippen MR) is 69.8 cm³/mol. The zero-order valence-corrected chi connectivity index (χ0v) is 10.9. The molecule has 3 rings (SSSR count). The van der Waals surface area contributed by atoms with Crippen LogP contribution in [0.1, 0.15) is 22.1 Å². The highest BCUT2D eigenvalue weighted by atomic mass is 16.5. The molecule has 2 heterocycles. The summed E-state index contributed by atoms with van der Waals surface area (Å²) in [5.74, 6) is -0.710. The van der Waals surface area contributed by atoms with E-state index in [1.54, 1.807) is 0 Å². The summed E-state index contributed by atoms with van der Waals surface area (Å²) in [6.07, 6.45) is 1.21. The average molecular weight is 288 g/mol. The maximum Gasteiger partial charge on any atom is 0.358 e. The van der Waals surface area contributed by atoms with Crippen molar-refractivity contribution in [3.05, 3.63) is 41.7 Å². The fourth-order valence-corrected chi connectivity index (χ4v) is 2.14. The molecule has 1 aromatic heterocycles. The number of carboxylic acids is 1. The van der Waals surface area contributed by atoms with Crippen LogP contribution < -0.4 is 10.1 Å². The summed E-state index contributed by atoms with van der Waals surface area (Å²) in [5, 5.41) is 18.6. The van der Waals surface area contributed by atoms with Crippen LogP contribution in [0.3, 0.4) is 0 Å². The van der Waals surface area contributed by atoms with Crippen LogP contribution in [-0.2, 0) is 11.3 Å². The van der Waals surface area contributed by atoms with Gasteiger partial charge in [-0.25, -0.2) is 9.48 Å². The van der Waals surface area contributed by atoms with Gasteiger partial charge in [0.1, 0.15) is 18.9 Å². The van der Waals surface area contributed by atoms with E-state index in [1.807, 2.05) is 24.3 Å². The Labute approximate surface area is 119 Å². The lowest BCUT2D eigenvalue weighted by Crippen LogP contribution is -2.32. The molecule has 21 heavy (non-hydrogen) atoms. The van der Waals surface area contributed by atoms with Crippen molar-refractivity contribution in [2.75, 3.05) is 6.61 Å². The number of aromatic carboxylic acids is 1. The van der Waals surface area contributed by atoms with E-state index in [4.69, 9.17) is 9.84 Å². The SMILES string of the molecule is O=C(Cn1cc(C(=O)O)nn1)NC1COc2ccccc21. The van der Waals surface area contributed by atoms with Gasteiger partial charge in [-0.1, -0.05) is 23.4 Å². The third kappa shape index (κ3) is 2.69. The summed E-state index contributed by atoms with van der Waals surface area (Å²) >= 11 is 0. The summed E-state index contributed by atoms with van der Waals surface area (Å²) in [6.45, 7) is 0.280. The van der Waals surface area contributed by atoms with Gasteiger partial charge in [0.15, 0.2) is 5.69 Å². The molecule has 0 saturated heterocycles. The number of carboxylic acid groups (broad SMARTS) is 1. The standard InChI is InChI=1S/C13H12N4O4/c18-12(6-17-5-9(13(19)20)15-16-17)14-10-7-21-11-4-2-1-3-8(10)11/h1-5,10H,6-7H2,(H,14,18)(H,19,20). The Balaban J connectivity index is 1.63. The molecule has 0 radical (unpaired) electrons. The van der Waals surface area contributed by atoms with Crippen LogP contribution in [0.5, 0.6) is 5.75 Å². The van der Waals surface area contributed by atoms with E-state index >= 15 is 0 Å². The van der Waals surface area contributed by atoms with Gasteiger partial charge in [0, 0.05) is 5.56 Å². The molecule has 1 atom stereocenters. The number of rotatable bonds is 4. The Morgan fingerprint density at radius 2 is 2.24 bits per heavy atom. The molecular weight excluding hydrogens is 276 g/mol. The number of aromatic nitrogens is 3. The maximum absolute atomic E-state index is 12.0. The predicted octanol–water partition coefficient (Wildman–Crippen LogP) is 0.226. The van der Waals surface area contributed by atoms with E-state index < -0.39 is 5.97 Å². The first-order valence-corrected chi connectivity index (χ1v) is 6.28. The Bertz CT molecular complexity index is 697. The number of nitrogens with zero attached hydrogens (tertiary/aromatic N) is 3. The van der Waals surface area contributed by atoms with Crippen LogP contribution in [0.25, 0.3) is 0 Å². The monoisotopic (exact) mass is 288 g/mol. The van der Waals surface area contributed by atoms with E-state index in [0.29, 0.717) is 6.61 Å². The zero-order valence-electron chi connectivity index (χ0n) is 10.9. The Hall–Kier alpha value is -2.90. The largest absolute Gasteiger partial charge is 0.491 e. The molecule has 1 unspecified atom stereocenters. The van der Waals surface area contributed by atoms with Crippen molar-refractivity contribution < 1.29 is 19.4 Å². The number of hydrogen-bond acceptors (Lipinski definition) is 5. The molecule has 8 heteroatoms. The lowest BCUT2D eigenvalue weighted by molar-refractivity contribution is -0.122. The minimum Gasteiger partial charge on any atom is -0.491 e. The number of para-hydroxylation sites is 1. The number of benzene rings is 1. The van der Waals surface area contributed by atoms with Crippen molar-refractivity contribution in [3.8, 4) is 5.75 Å². The van der Waals surface area contributed by atoms with Crippen molar-refractivity contribution in [2.24, 2.45) is 0 Å². The van der Waals surface area contributed by atoms with E-state index in [-0.39, 0.29) is 24.2 Å². The first-order valence-electron chi connectivity index (χ1n) is 6.28. The van der Waals surface area contributed by atoms with Crippen LogP contribution in [0.4, 0.5) is 0 Å². The second kappa shape index (κ2) is 5.23. The molecule has 1 aliphatic heterocycles. The van der Waals surface area contributed by atoms with Crippen LogP contribution in [-0.4, -0.2) is 38.6 Å². The maximum atomic E-state index is 12.0. The third-order valence-corrected chi connectivity index (χ3v) is 3.10. The summed E-state index contributed by atoms with van der Waals surface area (Å²) in [5.41, 5.74) is 0.730. The Kier molecular flexibility index (Phi) is 3.27. The number of fused-ring (bicyclic) bond motifs is 1. The van der Waals surface area contributed by atoms with Gasteiger partial charge in [-0.05, 0) is 6.07 Å². The average Bonchev–Trinajstić information content (AvgIpc) is 3.07. The molecule has 0 bridgehead atoms. The lowest BCUT2D eigenvalue weighted by Gasteiger charge is -2.11. The van der Waals surface area contributed by atoms with Gasteiger partial charge < -0.3 is 15.2 Å². The molecular formula is C13H12N4O4. The highest BCUT2D eigenvalue weighted by Crippen LogP contribution is 2.31. The number of nitrogens with one attached hydrogen (secondary N) is 1. The van der Waals surface area contributed by atoms with Crippen LogP contribution in [0.15, 0.2) is 30.5 Å². The highest BCUT2D eigenvalue weighted by Gasteiger charge is 2.25. The normalized spacial score (nSPS) is 16.1. The molecule has 1 aliphatic rings. The molecule has 0 saturated carbocycles. The van der Waals surface area contributed by atoms with Gasteiger partial charge >= 0.3 is 5.97 Å². The van der Waals surface area contributed by atoms with E-state index in [1.165, 1.54) is 10.9 Å². The van der Waals surface area contributed by atoms with Gasteiger partial charge in [-0.3, -0.25) is 4.79 Å². The summed E-state index contributed by atoms with van der Waals surface area (Å²) in [6, 6.07) is 7.27. The second-order valence-electron chi connectivity index (χ2n) is 4.58. The van der Waals surface area contributed by atoms with Gasteiger partial charge in [-0.15, -0.1) is 5.10 Å². The minimum atomic E-state index is -1.18. The highest BCUT2D eigenvalue weighted by molar-refractivity contribution is 5.84. The molecule has 108 valence electrons. The topological polar surface area (TPSA) is 106 Å². The first-order chi connectivity index (χ1) is 10.1. The molecule has 0 spiro atoms. The molecule has 8 nitrogen and oxygen atoms in total. The minimum absolute atomic E-state index is 0.0983. The summed E-state index contributed by atoms with van der Waals surface area (Å²) in [4.78, 5) is 22.6. The van der Waals surface area contributed by atoms with Crippen LogP contribution in [0, 0.1) is 0 Å². The molecule has 0 fully saturated rings. The van der Waals surface area contributed by atoms with Crippen LogP contribution >= 0.6 is 0 Å². The Morgan fingerprint density at radius 3 is 3.00 bits per heavy atom. The van der Waals surface area contributed by atoms with E-state index in [2.05, 4.69) is 15.6 Å². The van der Waals surface area contributed by atoms with Crippen molar-refractivity contribution in [1.82, 2.24) is 20.3 Å². The number of hydrogen-bond donors (Lipinski definition) is 2. The molecule has 1 aromatic carbocycles. The quantitative estimate of drug-likeness (QED) is 0.834. The number of ether oxygens (including phenoxy) is 1. The van der Waals surface area contributed by atoms with Gasteiger partial charge in [0.05, 0.1) is 12.2 Å². The second-order valence-corrected chi connectivity index (χ2v) is 4.58. The first kappa shape index (κ1) is 13.1. The molecule has 2 N–H and O–H groups in total. The molecule has 1 amide bonds. The van der Waals surface area contributed by atoms with Gasteiger partial charge in [0.2, 0.25) is 5.91 Å². The number of amides is 1. The fourth-order valence-electron chi connectivity index (χ4n) is 2.14. The molecule has 2 aromatic rings. The Morgan fingerprint density at radius 1 is 1.43 bits per heavy atom. The third-order valence-electron chi connectivity index (χ3n) is 3.10. The number of carbonyl (C=O) groups excluding carboxylic acids is 1. The fraction of sp³-hybridized carbons (Fsp3) is 0.231. The van der Waals surface area contributed by atoms with Crippen molar-refractivity contribution >= 4 is 11.9 Å². The van der Waals surface area contributed by atoms with Crippen molar-refractivity contribution in [2.45, 2.75) is 12.6 Å².